The molecule has 1 aromatic carbocycles. The zero-order valence-corrected chi connectivity index (χ0v) is 14.3. The second-order valence-corrected chi connectivity index (χ2v) is 6.33. The number of Topliss-reactive ketones (excluding diaryl/α,β-unsaturated/α-hetero) is 1. The number of nitro groups is 1. The summed E-state index contributed by atoms with van der Waals surface area (Å²) in [6, 6.07) is 5.74. The smallest absolute Gasteiger partial charge is 0.379 e. The van der Waals surface area contributed by atoms with Gasteiger partial charge in [-0.15, -0.1) is 0 Å². The Morgan fingerprint density at radius 3 is 2.69 bits per heavy atom. The van der Waals surface area contributed by atoms with Crippen molar-refractivity contribution in [2.75, 3.05) is 6.61 Å². The number of carbonyl (C=O) groups is 2. The van der Waals surface area contributed by atoms with E-state index in [9.17, 15) is 24.8 Å². The van der Waals surface area contributed by atoms with Gasteiger partial charge in [-0.1, -0.05) is 12.1 Å². The minimum atomic E-state index is -2.18. The van der Waals surface area contributed by atoms with Crippen LogP contribution < -0.4 is 0 Å². The number of aliphatic hydroxyl groups is 1. The number of rotatable bonds is 4. The van der Waals surface area contributed by atoms with E-state index < -0.39 is 22.6 Å². The topological polar surface area (TPSA) is 116 Å². The van der Waals surface area contributed by atoms with Gasteiger partial charge in [0.15, 0.2) is 5.78 Å². The quantitative estimate of drug-likeness (QED) is 0.497. The van der Waals surface area contributed by atoms with E-state index in [0.717, 1.165) is 0 Å². The largest absolute Gasteiger partial charge is 0.461 e. The molecule has 138 valence electrons. The van der Waals surface area contributed by atoms with Crippen molar-refractivity contribution in [2.24, 2.45) is 0 Å². The Labute approximate surface area is 149 Å². The zero-order chi connectivity index (χ0) is 18.9. The molecule has 0 spiro atoms. The third-order valence-electron chi connectivity index (χ3n) is 4.63. The molecule has 26 heavy (non-hydrogen) atoms. The molecule has 0 amide bonds. The number of nitrogens with zero attached hydrogens (tertiary/aromatic N) is 1. The maximum atomic E-state index is 12.5. The molecule has 0 radical (unpaired) electrons. The molecule has 0 saturated heterocycles. The highest BCUT2D eigenvalue weighted by Crippen LogP contribution is 2.45. The summed E-state index contributed by atoms with van der Waals surface area (Å²) in [5, 5.41) is 21.6. The van der Waals surface area contributed by atoms with Crippen molar-refractivity contribution in [1.29, 1.82) is 0 Å². The molecule has 3 rings (SSSR count). The highest BCUT2D eigenvalue weighted by Gasteiger charge is 2.50. The molecule has 1 aliphatic heterocycles. The van der Waals surface area contributed by atoms with Crippen molar-refractivity contribution in [2.45, 2.75) is 44.3 Å². The molecule has 1 heterocycles. The molecule has 2 aliphatic rings. The number of esters is 1. The molecule has 0 fully saturated rings. The van der Waals surface area contributed by atoms with E-state index in [2.05, 4.69) is 0 Å². The van der Waals surface area contributed by atoms with Gasteiger partial charge in [0, 0.05) is 42.9 Å². The van der Waals surface area contributed by atoms with Gasteiger partial charge < -0.3 is 14.6 Å². The van der Waals surface area contributed by atoms with E-state index in [0.29, 0.717) is 36.2 Å². The fraction of sp³-hybridized carbons (Fsp3) is 0.444. The second kappa shape index (κ2) is 6.87. The molecular formula is C18H19NO7. The zero-order valence-electron chi connectivity index (χ0n) is 14.3. The molecule has 8 heteroatoms. The van der Waals surface area contributed by atoms with Crippen LogP contribution in [0.2, 0.25) is 0 Å². The number of hydrogen-bond donors (Lipinski definition) is 1. The molecule has 0 aromatic heterocycles. The van der Waals surface area contributed by atoms with Crippen LogP contribution in [0.3, 0.4) is 0 Å². The van der Waals surface area contributed by atoms with E-state index in [1.807, 2.05) is 0 Å². The SMILES string of the molecule is CCOC(=O)C1(O)C[C@@H](c2ccc([N+](=O)[O-])cc2)C2=C(CCCC2=O)O1. The summed E-state index contributed by atoms with van der Waals surface area (Å²) in [4.78, 5) is 35.0. The lowest BCUT2D eigenvalue weighted by Gasteiger charge is -2.39. The summed E-state index contributed by atoms with van der Waals surface area (Å²) in [5.41, 5.74) is 0.953. The van der Waals surface area contributed by atoms with Crippen molar-refractivity contribution in [3.05, 3.63) is 51.3 Å². The van der Waals surface area contributed by atoms with Crippen LogP contribution in [0.25, 0.3) is 0 Å². The Bertz CT molecular complexity index is 783. The number of ketones is 1. The average molecular weight is 361 g/mol. The number of non-ortho nitro benzene ring substituents is 1. The van der Waals surface area contributed by atoms with E-state index in [-0.39, 0.29) is 24.5 Å². The molecule has 2 atom stereocenters. The van der Waals surface area contributed by atoms with Gasteiger partial charge in [0.05, 0.1) is 11.5 Å². The summed E-state index contributed by atoms with van der Waals surface area (Å²) < 4.78 is 10.4. The molecule has 8 nitrogen and oxygen atoms in total. The predicted octanol–water partition coefficient (Wildman–Crippen LogP) is 2.36. The number of nitro benzene ring substituents is 1. The summed E-state index contributed by atoms with van der Waals surface area (Å²) in [6.07, 6.45) is 1.19. The van der Waals surface area contributed by atoms with Crippen LogP contribution in [0, 0.1) is 10.1 Å². The number of allylic oxidation sites excluding steroid dienone is 2. The summed E-state index contributed by atoms with van der Waals surface area (Å²) in [5.74, 6) is -3.48. The van der Waals surface area contributed by atoms with Gasteiger partial charge in [-0.3, -0.25) is 14.9 Å². The van der Waals surface area contributed by atoms with Gasteiger partial charge >= 0.3 is 11.8 Å². The molecule has 1 aliphatic carbocycles. The third-order valence-corrected chi connectivity index (χ3v) is 4.63. The lowest BCUT2D eigenvalue weighted by atomic mass is 9.77. The predicted molar refractivity (Wildman–Crippen MR) is 89.0 cm³/mol. The van der Waals surface area contributed by atoms with Gasteiger partial charge in [-0.2, -0.15) is 0 Å². The van der Waals surface area contributed by atoms with Crippen LogP contribution in [0.15, 0.2) is 35.6 Å². The Morgan fingerprint density at radius 2 is 2.08 bits per heavy atom. The minimum Gasteiger partial charge on any atom is -0.461 e. The van der Waals surface area contributed by atoms with E-state index in [4.69, 9.17) is 9.47 Å². The Morgan fingerprint density at radius 1 is 1.38 bits per heavy atom. The molecule has 1 aromatic rings. The van der Waals surface area contributed by atoms with Crippen LogP contribution in [-0.4, -0.2) is 34.2 Å². The summed E-state index contributed by atoms with van der Waals surface area (Å²) >= 11 is 0. The standard InChI is InChI=1S/C18H19NO7/c1-2-25-17(21)18(22)10-13(11-6-8-12(9-7-11)19(23)24)16-14(20)4-3-5-15(16)26-18/h6-9,13,22H,2-5,10H2,1H3/t13-,18?/m0/s1. The highest BCUT2D eigenvalue weighted by molar-refractivity contribution is 5.98. The fourth-order valence-electron chi connectivity index (χ4n) is 3.43. The summed E-state index contributed by atoms with van der Waals surface area (Å²) in [7, 11) is 0. The molecule has 1 N–H and O–H groups in total. The van der Waals surface area contributed by atoms with E-state index >= 15 is 0 Å². The maximum absolute atomic E-state index is 12.5. The van der Waals surface area contributed by atoms with Crippen LogP contribution in [0.5, 0.6) is 0 Å². The van der Waals surface area contributed by atoms with Crippen molar-refractivity contribution < 1.29 is 29.1 Å². The summed E-state index contributed by atoms with van der Waals surface area (Å²) in [6.45, 7) is 1.70. The first-order chi connectivity index (χ1) is 12.4. The minimum absolute atomic E-state index is 0.0781. The Balaban J connectivity index is 2.03. The highest BCUT2D eigenvalue weighted by atomic mass is 16.7. The van der Waals surface area contributed by atoms with E-state index in [1.165, 1.54) is 24.3 Å². The molecular weight excluding hydrogens is 342 g/mol. The fourth-order valence-corrected chi connectivity index (χ4v) is 3.43. The van der Waals surface area contributed by atoms with Crippen molar-refractivity contribution >= 4 is 17.4 Å². The van der Waals surface area contributed by atoms with Gasteiger partial charge in [0.1, 0.15) is 5.76 Å². The Hall–Kier alpha value is -2.74. The van der Waals surface area contributed by atoms with Gasteiger partial charge in [0.25, 0.3) is 5.69 Å². The van der Waals surface area contributed by atoms with Crippen LogP contribution in [0.1, 0.15) is 44.1 Å². The molecule has 0 saturated carbocycles. The normalized spacial score (nSPS) is 25.3. The lowest BCUT2D eigenvalue weighted by molar-refractivity contribution is -0.384. The number of ether oxygens (including phenoxy) is 2. The third kappa shape index (κ3) is 3.20. The van der Waals surface area contributed by atoms with Crippen LogP contribution >= 0.6 is 0 Å². The first-order valence-corrected chi connectivity index (χ1v) is 8.45. The van der Waals surface area contributed by atoms with Gasteiger partial charge in [-0.25, -0.2) is 4.79 Å². The van der Waals surface area contributed by atoms with Crippen LogP contribution in [0.4, 0.5) is 5.69 Å². The molecule has 0 bridgehead atoms. The van der Waals surface area contributed by atoms with Crippen molar-refractivity contribution in [1.82, 2.24) is 0 Å². The second-order valence-electron chi connectivity index (χ2n) is 6.33. The van der Waals surface area contributed by atoms with Crippen LogP contribution in [-0.2, 0) is 19.1 Å². The van der Waals surface area contributed by atoms with E-state index in [1.54, 1.807) is 6.92 Å². The first kappa shape index (κ1) is 18.1. The number of carbonyl (C=O) groups excluding carboxylic acids is 2. The monoisotopic (exact) mass is 361 g/mol. The van der Waals surface area contributed by atoms with Crippen molar-refractivity contribution in [3.63, 3.8) is 0 Å². The number of benzene rings is 1. The maximum Gasteiger partial charge on any atom is 0.379 e. The lowest BCUT2D eigenvalue weighted by Crippen LogP contribution is -2.48. The average Bonchev–Trinajstić information content (AvgIpc) is 2.61. The first-order valence-electron chi connectivity index (χ1n) is 8.45. The Kier molecular flexibility index (Phi) is 4.78. The van der Waals surface area contributed by atoms with Crippen molar-refractivity contribution in [3.8, 4) is 0 Å². The van der Waals surface area contributed by atoms with Gasteiger partial charge in [-0.05, 0) is 18.9 Å². The van der Waals surface area contributed by atoms with Gasteiger partial charge in [0.2, 0.25) is 0 Å². The number of hydrogen-bond acceptors (Lipinski definition) is 7. The molecule has 1 unspecified atom stereocenters.